The molecule has 6 heteroatoms. The number of nitrogens with one attached hydrogen (secondary N) is 1. The summed E-state index contributed by atoms with van der Waals surface area (Å²) in [5, 5.41) is 5.03. The second kappa shape index (κ2) is 7.48. The van der Waals surface area contributed by atoms with Crippen molar-refractivity contribution in [3.05, 3.63) is 83.3 Å². The van der Waals surface area contributed by atoms with Gasteiger partial charge in [0.2, 0.25) is 0 Å². The largest absolute Gasteiger partial charge is 0.486 e. The second-order valence-electron chi connectivity index (χ2n) is 6.60. The molecule has 5 rings (SSSR count). The first-order valence-corrected chi connectivity index (χ1v) is 10.2. The highest BCUT2D eigenvalue weighted by molar-refractivity contribution is 7.13. The fraction of sp³-hybridized carbons (Fsp3) is 0.0870. The molecular formula is C23H18N2O3S. The van der Waals surface area contributed by atoms with Crippen LogP contribution in [0.2, 0.25) is 0 Å². The first-order valence-electron chi connectivity index (χ1n) is 9.31. The van der Waals surface area contributed by atoms with Crippen molar-refractivity contribution < 1.29 is 14.3 Å². The van der Waals surface area contributed by atoms with Crippen molar-refractivity contribution in [2.45, 2.75) is 0 Å². The van der Waals surface area contributed by atoms with E-state index < -0.39 is 0 Å². The first kappa shape index (κ1) is 17.6. The summed E-state index contributed by atoms with van der Waals surface area (Å²) in [6.07, 6.45) is 3.91. The lowest BCUT2D eigenvalue weighted by molar-refractivity contribution is 0.103. The Morgan fingerprint density at radius 1 is 0.931 bits per heavy atom. The topological polar surface area (TPSA) is 52.5 Å². The minimum atomic E-state index is -0.155. The normalized spacial score (nSPS) is 12.6. The second-order valence-corrected chi connectivity index (χ2v) is 7.48. The quantitative estimate of drug-likeness (QED) is 0.509. The lowest BCUT2D eigenvalue weighted by Crippen LogP contribution is -2.16. The van der Waals surface area contributed by atoms with Crippen molar-refractivity contribution in [1.29, 1.82) is 0 Å². The summed E-state index contributed by atoms with van der Waals surface area (Å²) < 4.78 is 13.2. The number of ether oxygens (including phenoxy) is 2. The van der Waals surface area contributed by atoms with Crippen LogP contribution in [0.4, 0.5) is 5.69 Å². The number of carbonyl (C=O) groups excluding carboxylic acids is 1. The Morgan fingerprint density at radius 3 is 2.48 bits per heavy atom. The minimum Gasteiger partial charge on any atom is -0.486 e. The Labute approximate surface area is 172 Å². The lowest BCUT2D eigenvalue weighted by Gasteiger charge is -2.19. The summed E-state index contributed by atoms with van der Waals surface area (Å²) in [4.78, 5) is 13.8. The van der Waals surface area contributed by atoms with Gasteiger partial charge in [0.15, 0.2) is 11.5 Å². The predicted octanol–water partition coefficient (Wildman–Crippen LogP) is 5.23. The van der Waals surface area contributed by atoms with Gasteiger partial charge in [-0.05, 0) is 29.8 Å². The van der Waals surface area contributed by atoms with Crippen LogP contribution in [0.5, 0.6) is 11.5 Å². The zero-order chi connectivity index (χ0) is 19.6. The number of hydrogen-bond acceptors (Lipinski definition) is 4. The molecule has 5 nitrogen and oxygen atoms in total. The van der Waals surface area contributed by atoms with Crippen LogP contribution in [-0.2, 0) is 0 Å². The van der Waals surface area contributed by atoms with E-state index in [1.165, 1.54) is 11.3 Å². The van der Waals surface area contributed by atoms with Gasteiger partial charge in [0.25, 0.3) is 5.91 Å². The van der Waals surface area contributed by atoms with Gasteiger partial charge in [-0.3, -0.25) is 4.79 Å². The van der Waals surface area contributed by atoms with Crippen molar-refractivity contribution in [2.24, 2.45) is 0 Å². The fourth-order valence-electron chi connectivity index (χ4n) is 3.38. The maximum atomic E-state index is 13.2. The molecule has 3 heterocycles. The van der Waals surface area contributed by atoms with Gasteiger partial charge in [-0.15, -0.1) is 11.3 Å². The number of carbonyl (C=O) groups is 1. The minimum absolute atomic E-state index is 0.155. The molecule has 0 bridgehead atoms. The van der Waals surface area contributed by atoms with Gasteiger partial charge in [0, 0.05) is 35.1 Å². The Morgan fingerprint density at radius 2 is 1.69 bits per heavy atom. The van der Waals surface area contributed by atoms with Crippen LogP contribution in [0.1, 0.15) is 9.67 Å². The highest BCUT2D eigenvalue weighted by Crippen LogP contribution is 2.36. The molecule has 1 amide bonds. The smallest absolute Gasteiger partial charge is 0.267 e. The van der Waals surface area contributed by atoms with E-state index in [0.29, 0.717) is 35.3 Å². The van der Waals surface area contributed by atoms with E-state index in [-0.39, 0.29) is 5.91 Å². The first-order chi connectivity index (χ1) is 14.3. The summed E-state index contributed by atoms with van der Waals surface area (Å²) >= 11 is 1.44. The molecule has 0 atom stereocenters. The number of fused-ring (bicyclic) bond motifs is 1. The molecule has 0 aliphatic carbocycles. The van der Waals surface area contributed by atoms with E-state index in [0.717, 1.165) is 16.8 Å². The van der Waals surface area contributed by atoms with Crippen LogP contribution < -0.4 is 14.8 Å². The Bertz CT molecular complexity index is 1150. The summed E-state index contributed by atoms with van der Waals surface area (Å²) in [5.41, 5.74) is 3.65. The number of amides is 1. The summed E-state index contributed by atoms with van der Waals surface area (Å²) in [6, 6.07) is 19.4. The number of hydrogen-bond donors (Lipinski definition) is 1. The molecule has 2 aromatic heterocycles. The van der Waals surface area contributed by atoms with E-state index in [1.807, 2.05) is 64.8 Å². The molecule has 0 fully saturated rings. The van der Waals surface area contributed by atoms with Crippen LogP contribution >= 0.6 is 11.3 Å². The Hall–Kier alpha value is -3.51. The van der Waals surface area contributed by atoms with Crippen molar-refractivity contribution >= 4 is 22.9 Å². The van der Waals surface area contributed by atoms with Gasteiger partial charge < -0.3 is 19.4 Å². The molecular weight excluding hydrogens is 384 g/mol. The third kappa shape index (κ3) is 3.39. The third-order valence-electron chi connectivity index (χ3n) is 4.72. The van der Waals surface area contributed by atoms with Crippen LogP contribution in [0.3, 0.4) is 0 Å². The number of aromatic nitrogens is 1. The Kier molecular flexibility index (Phi) is 4.54. The van der Waals surface area contributed by atoms with E-state index in [4.69, 9.17) is 9.47 Å². The molecule has 4 aromatic rings. The zero-order valence-electron chi connectivity index (χ0n) is 15.5. The third-order valence-corrected chi connectivity index (χ3v) is 5.69. The highest BCUT2D eigenvalue weighted by atomic mass is 32.1. The van der Waals surface area contributed by atoms with Crippen molar-refractivity contribution in [3.63, 3.8) is 0 Å². The number of benzene rings is 2. The molecule has 1 aliphatic rings. The standard InChI is InChI=1S/C23H18N2O3S/c26-23(24-17-8-9-19-20(14-17)28-13-12-27-19)22-21(25-10-4-5-11-25)18(15-29-22)16-6-2-1-3-7-16/h1-11,14-15H,12-13H2,(H,24,26). The van der Waals surface area contributed by atoms with Crippen LogP contribution in [0.25, 0.3) is 16.8 Å². The monoisotopic (exact) mass is 402 g/mol. The van der Waals surface area contributed by atoms with E-state index in [9.17, 15) is 4.79 Å². The average Bonchev–Trinajstić information content (AvgIpc) is 3.44. The molecule has 2 aromatic carbocycles. The van der Waals surface area contributed by atoms with Gasteiger partial charge in [-0.25, -0.2) is 0 Å². The van der Waals surface area contributed by atoms with Gasteiger partial charge in [0.05, 0.1) is 5.69 Å². The fourth-order valence-corrected chi connectivity index (χ4v) is 4.35. The van der Waals surface area contributed by atoms with Crippen LogP contribution in [-0.4, -0.2) is 23.7 Å². The predicted molar refractivity (Wildman–Crippen MR) is 114 cm³/mol. The number of anilines is 1. The van der Waals surface area contributed by atoms with Gasteiger partial charge in [-0.1, -0.05) is 30.3 Å². The molecule has 0 saturated carbocycles. The van der Waals surface area contributed by atoms with E-state index in [1.54, 1.807) is 6.07 Å². The number of nitrogens with zero attached hydrogens (tertiary/aromatic N) is 1. The molecule has 144 valence electrons. The summed E-state index contributed by atoms with van der Waals surface area (Å²) in [7, 11) is 0. The molecule has 29 heavy (non-hydrogen) atoms. The Balaban J connectivity index is 1.51. The maximum absolute atomic E-state index is 13.2. The molecule has 0 saturated heterocycles. The van der Waals surface area contributed by atoms with Crippen molar-refractivity contribution in [1.82, 2.24) is 4.57 Å². The lowest BCUT2D eigenvalue weighted by atomic mass is 10.1. The zero-order valence-corrected chi connectivity index (χ0v) is 16.3. The SMILES string of the molecule is O=C(Nc1ccc2c(c1)OCCO2)c1scc(-c2ccccc2)c1-n1cccc1. The highest BCUT2D eigenvalue weighted by Gasteiger charge is 2.21. The molecule has 0 unspecified atom stereocenters. The number of thiophene rings is 1. The summed E-state index contributed by atoms with van der Waals surface area (Å²) in [6.45, 7) is 1.05. The van der Waals surface area contributed by atoms with Crippen LogP contribution in [0.15, 0.2) is 78.4 Å². The van der Waals surface area contributed by atoms with E-state index >= 15 is 0 Å². The molecule has 0 spiro atoms. The maximum Gasteiger partial charge on any atom is 0.267 e. The van der Waals surface area contributed by atoms with Gasteiger partial charge in [-0.2, -0.15) is 0 Å². The van der Waals surface area contributed by atoms with Crippen LogP contribution in [0, 0.1) is 0 Å². The van der Waals surface area contributed by atoms with Gasteiger partial charge in [0.1, 0.15) is 18.1 Å². The average molecular weight is 402 g/mol. The van der Waals surface area contributed by atoms with E-state index in [2.05, 4.69) is 17.4 Å². The molecule has 0 radical (unpaired) electrons. The van der Waals surface area contributed by atoms with Gasteiger partial charge >= 0.3 is 0 Å². The molecule has 1 aliphatic heterocycles. The van der Waals surface area contributed by atoms with Crippen molar-refractivity contribution in [3.8, 4) is 28.3 Å². The number of rotatable bonds is 4. The summed E-state index contributed by atoms with van der Waals surface area (Å²) in [5.74, 6) is 1.19. The molecule has 1 N–H and O–H groups in total. The van der Waals surface area contributed by atoms with Crippen molar-refractivity contribution in [2.75, 3.05) is 18.5 Å².